The summed E-state index contributed by atoms with van der Waals surface area (Å²) in [5, 5.41) is 3.36. The van der Waals surface area contributed by atoms with Crippen molar-refractivity contribution < 1.29 is 0 Å². The molecule has 0 bridgehead atoms. The summed E-state index contributed by atoms with van der Waals surface area (Å²) in [6.45, 7) is 4.27. The van der Waals surface area contributed by atoms with Crippen LogP contribution in [0.4, 0.5) is 0 Å². The van der Waals surface area contributed by atoms with Gasteiger partial charge in [-0.25, -0.2) is 4.98 Å². The molecule has 54 valence electrons. The maximum atomic E-state index is 4.08. The average molecular weight is 137 g/mol. The number of hydrogen-bond donors (Lipinski definition) is 1. The normalized spacial score (nSPS) is 24.3. The Hall–Kier alpha value is -0.830. The van der Waals surface area contributed by atoms with E-state index in [1.165, 1.54) is 5.69 Å². The smallest absolute Gasteiger partial charge is 0.0949 e. The van der Waals surface area contributed by atoms with Crippen LogP contribution in [0.25, 0.3) is 0 Å². The summed E-state index contributed by atoms with van der Waals surface area (Å²) in [6, 6.07) is 0.469. The van der Waals surface area contributed by atoms with E-state index in [0.29, 0.717) is 6.04 Å². The molecule has 1 unspecified atom stereocenters. The minimum Gasteiger partial charge on any atom is -0.332 e. The number of hydrogen-bond acceptors (Lipinski definition) is 2. The molecule has 1 aliphatic rings. The zero-order valence-corrected chi connectivity index (χ0v) is 6.04. The molecule has 2 heterocycles. The Morgan fingerprint density at radius 3 is 3.50 bits per heavy atom. The van der Waals surface area contributed by atoms with Crippen molar-refractivity contribution in [3.63, 3.8) is 0 Å². The summed E-state index contributed by atoms with van der Waals surface area (Å²) in [7, 11) is 0. The third-order valence-electron chi connectivity index (χ3n) is 1.99. The highest BCUT2D eigenvalue weighted by atomic mass is 15.1. The van der Waals surface area contributed by atoms with Gasteiger partial charge in [0, 0.05) is 25.3 Å². The molecule has 0 aromatic carbocycles. The Bertz CT molecular complexity index is 229. The standard InChI is InChI=1S/C7H11N3/c1-6-7-4-8-5-10(7)3-2-9-6/h4-6,9H,2-3H2,1H3. The van der Waals surface area contributed by atoms with E-state index in [2.05, 4.69) is 21.8 Å². The van der Waals surface area contributed by atoms with E-state index < -0.39 is 0 Å². The van der Waals surface area contributed by atoms with E-state index >= 15 is 0 Å². The van der Waals surface area contributed by atoms with Gasteiger partial charge in [0.1, 0.15) is 0 Å². The first-order valence-electron chi connectivity index (χ1n) is 3.61. The molecule has 1 N–H and O–H groups in total. The highest BCUT2D eigenvalue weighted by Gasteiger charge is 2.13. The Kier molecular flexibility index (Phi) is 1.24. The summed E-state index contributed by atoms with van der Waals surface area (Å²) in [6.07, 6.45) is 3.82. The van der Waals surface area contributed by atoms with Gasteiger partial charge in [0.05, 0.1) is 12.0 Å². The summed E-state index contributed by atoms with van der Waals surface area (Å²) in [5.41, 5.74) is 1.30. The minimum atomic E-state index is 0.469. The largest absolute Gasteiger partial charge is 0.332 e. The van der Waals surface area contributed by atoms with Gasteiger partial charge >= 0.3 is 0 Å². The number of nitrogens with zero attached hydrogens (tertiary/aromatic N) is 2. The molecule has 0 saturated heterocycles. The van der Waals surface area contributed by atoms with Gasteiger partial charge in [-0.2, -0.15) is 0 Å². The van der Waals surface area contributed by atoms with Crippen molar-refractivity contribution >= 4 is 0 Å². The fourth-order valence-corrected chi connectivity index (χ4v) is 1.38. The molecule has 3 heteroatoms. The van der Waals surface area contributed by atoms with Gasteiger partial charge in [-0.15, -0.1) is 0 Å². The lowest BCUT2D eigenvalue weighted by molar-refractivity contribution is 0.448. The van der Waals surface area contributed by atoms with Gasteiger partial charge < -0.3 is 9.88 Å². The van der Waals surface area contributed by atoms with Crippen LogP contribution in [0, 0.1) is 0 Å². The van der Waals surface area contributed by atoms with E-state index in [9.17, 15) is 0 Å². The van der Waals surface area contributed by atoms with Gasteiger partial charge in [-0.3, -0.25) is 0 Å². The topological polar surface area (TPSA) is 29.9 Å². The van der Waals surface area contributed by atoms with Crippen molar-refractivity contribution in [1.29, 1.82) is 0 Å². The highest BCUT2D eigenvalue weighted by Crippen LogP contribution is 2.14. The van der Waals surface area contributed by atoms with Crippen LogP contribution in [-0.2, 0) is 6.54 Å². The third kappa shape index (κ3) is 0.743. The summed E-state index contributed by atoms with van der Waals surface area (Å²) in [5.74, 6) is 0. The first-order chi connectivity index (χ1) is 4.88. The second kappa shape index (κ2) is 2.09. The first-order valence-corrected chi connectivity index (χ1v) is 3.61. The highest BCUT2D eigenvalue weighted by molar-refractivity contribution is 5.06. The summed E-state index contributed by atoms with van der Waals surface area (Å²) in [4.78, 5) is 4.08. The lowest BCUT2D eigenvalue weighted by Gasteiger charge is -2.21. The van der Waals surface area contributed by atoms with E-state index in [1.54, 1.807) is 0 Å². The number of nitrogens with one attached hydrogen (secondary N) is 1. The van der Waals surface area contributed by atoms with Gasteiger partial charge in [0.25, 0.3) is 0 Å². The molecule has 0 amide bonds. The van der Waals surface area contributed by atoms with Gasteiger partial charge in [-0.1, -0.05) is 0 Å². The lowest BCUT2D eigenvalue weighted by Crippen LogP contribution is -2.30. The molecular formula is C7H11N3. The molecule has 3 nitrogen and oxygen atoms in total. The maximum absolute atomic E-state index is 4.08. The van der Waals surface area contributed by atoms with Crippen LogP contribution in [0.15, 0.2) is 12.5 Å². The zero-order chi connectivity index (χ0) is 6.97. The van der Waals surface area contributed by atoms with Gasteiger partial charge in [0.15, 0.2) is 0 Å². The zero-order valence-electron chi connectivity index (χ0n) is 6.04. The third-order valence-corrected chi connectivity index (χ3v) is 1.99. The van der Waals surface area contributed by atoms with Crippen molar-refractivity contribution in [2.45, 2.75) is 19.5 Å². The van der Waals surface area contributed by atoms with Crippen molar-refractivity contribution in [2.24, 2.45) is 0 Å². The van der Waals surface area contributed by atoms with Gasteiger partial charge in [-0.05, 0) is 6.92 Å². The Labute approximate surface area is 60.1 Å². The molecular weight excluding hydrogens is 126 g/mol. The molecule has 1 aliphatic heterocycles. The molecule has 2 rings (SSSR count). The predicted molar refractivity (Wildman–Crippen MR) is 38.6 cm³/mol. The molecule has 1 aromatic rings. The number of fused-ring (bicyclic) bond motifs is 1. The predicted octanol–water partition coefficient (Wildman–Crippen LogP) is 0.547. The number of imidazole rings is 1. The van der Waals surface area contributed by atoms with Crippen molar-refractivity contribution in [1.82, 2.24) is 14.9 Å². The fraction of sp³-hybridized carbons (Fsp3) is 0.571. The van der Waals surface area contributed by atoms with E-state index in [0.717, 1.165) is 13.1 Å². The van der Waals surface area contributed by atoms with Crippen LogP contribution in [0.1, 0.15) is 18.7 Å². The second-order valence-electron chi connectivity index (χ2n) is 2.69. The van der Waals surface area contributed by atoms with Crippen LogP contribution in [0.3, 0.4) is 0 Å². The monoisotopic (exact) mass is 137 g/mol. The molecule has 1 aromatic heterocycles. The Balaban J connectivity index is 2.41. The summed E-state index contributed by atoms with van der Waals surface area (Å²) >= 11 is 0. The minimum absolute atomic E-state index is 0.469. The van der Waals surface area contributed by atoms with Crippen molar-refractivity contribution in [2.75, 3.05) is 6.54 Å². The van der Waals surface area contributed by atoms with Crippen LogP contribution >= 0.6 is 0 Å². The van der Waals surface area contributed by atoms with E-state index in [4.69, 9.17) is 0 Å². The first kappa shape index (κ1) is 5.92. The molecule has 0 aliphatic carbocycles. The van der Waals surface area contributed by atoms with Gasteiger partial charge in [0.2, 0.25) is 0 Å². The molecule has 0 radical (unpaired) electrons. The quantitative estimate of drug-likeness (QED) is 0.566. The number of rotatable bonds is 0. The van der Waals surface area contributed by atoms with Crippen LogP contribution in [-0.4, -0.2) is 16.1 Å². The SMILES string of the molecule is CC1NCCn2cncc21. The summed E-state index contributed by atoms with van der Waals surface area (Å²) < 4.78 is 2.20. The van der Waals surface area contributed by atoms with Crippen LogP contribution in [0.2, 0.25) is 0 Å². The molecule has 1 atom stereocenters. The van der Waals surface area contributed by atoms with Crippen LogP contribution in [0.5, 0.6) is 0 Å². The Morgan fingerprint density at radius 2 is 2.70 bits per heavy atom. The van der Waals surface area contributed by atoms with Crippen molar-refractivity contribution in [3.05, 3.63) is 18.2 Å². The van der Waals surface area contributed by atoms with E-state index in [-0.39, 0.29) is 0 Å². The van der Waals surface area contributed by atoms with Crippen molar-refractivity contribution in [3.8, 4) is 0 Å². The van der Waals surface area contributed by atoms with Crippen LogP contribution < -0.4 is 5.32 Å². The molecule has 0 saturated carbocycles. The lowest BCUT2D eigenvalue weighted by atomic mass is 10.2. The molecule has 0 fully saturated rings. The maximum Gasteiger partial charge on any atom is 0.0949 e. The fourth-order valence-electron chi connectivity index (χ4n) is 1.38. The average Bonchev–Trinajstić information content (AvgIpc) is 2.36. The second-order valence-corrected chi connectivity index (χ2v) is 2.69. The Morgan fingerprint density at radius 1 is 1.80 bits per heavy atom. The molecule has 0 spiro atoms. The molecule has 10 heavy (non-hydrogen) atoms. The van der Waals surface area contributed by atoms with E-state index in [1.807, 2.05) is 12.5 Å². The number of aromatic nitrogens is 2.